The maximum Gasteiger partial charge on any atom is 0.263 e. The van der Waals surface area contributed by atoms with E-state index in [-0.39, 0.29) is 11.5 Å². The number of nitrogens with one attached hydrogen (secondary N) is 2. The first-order valence-electron chi connectivity index (χ1n) is 8.20. The number of likely N-dealkylation sites (tertiary alicyclic amines) is 1. The maximum absolute atomic E-state index is 12.1. The van der Waals surface area contributed by atoms with Crippen LogP contribution < -0.4 is 10.6 Å². The van der Waals surface area contributed by atoms with E-state index in [1.807, 2.05) is 13.0 Å². The first kappa shape index (κ1) is 18.8. The van der Waals surface area contributed by atoms with Gasteiger partial charge < -0.3 is 15.5 Å². The monoisotopic (exact) mass is 360 g/mol. The number of nitrogens with zero attached hydrogens (tertiary/aromatic N) is 2. The van der Waals surface area contributed by atoms with Crippen molar-refractivity contribution in [3.63, 3.8) is 0 Å². The zero-order valence-corrected chi connectivity index (χ0v) is 14.9. The van der Waals surface area contributed by atoms with Crippen LogP contribution in [0.1, 0.15) is 24.8 Å². The first-order chi connectivity index (χ1) is 12.0. The smallest absolute Gasteiger partial charge is 0.263 e. The van der Waals surface area contributed by atoms with Gasteiger partial charge in [-0.25, -0.2) is 0 Å². The summed E-state index contributed by atoms with van der Waals surface area (Å²) in [4.78, 5) is 25.4. The Morgan fingerprint density at radius 2 is 2.28 bits per heavy atom. The van der Waals surface area contributed by atoms with Crippen LogP contribution >= 0.6 is 11.6 Å². The first-order valence-corrected chi connectivity index (χ1v) is 8.58. The van der Waals surface area contributed by atoms with Crippen molar-refractivity contribution in [2.24, 2.45) is 0 Å². The molecule has 0 spiro atoms. The third-order valence-electron chi connectivity index (χ3n) is 3.99. The average Bonchev–Trinajstić information content (AvgIpc) is 2.99. The molecule has 0 unspecified atom stereocenters. The van der Waals surface area contributed by atoms with Gasteiger partial charge in [-0.2, -0.15) is 5.26 Å². The standard InChI is InChI=1S/C18H21ClN4O2/c1-13-10-15(19)5-6-16(13)22-12-14(11-20)18(25)21-7-3-9-23-8-2-4-17(23)24/h5-6,10,12,22H,2-4,7-9H2,1H3,(H,21,25)/b14-12-. The molecule has 2 amide bonds. The van der Waals surface area contributed by atoms with E-state index in [1.165, 1.54) is 6.20 Å². The van der Waals surface area contributed by atoms with Crippen molar-refractivity contribution in [3.8, 4) is 6.07 Å². The summed E-state index contributed by atoms with van der Waals surface area (Å²) in [5.74, 6) is -0.263. The molecule has 7 heteroatoms. The molecule has 1 aromatic rings. The fourth-order valence-corrected chi connectivity index (χ4v) is 2.82. The molecule has 1 aromatic carbocycles. The van der Waals surface area contributed by atoms with Crippen LogP contribution in [0.3, 0.4) is 0 Å². The van der Waals surface area contributed by atoms with Gasteiger partial charge in [0.05, 0.1) is 0 Å². The summed E-state index contributed by atoms with van der Waals surface area (Å²) in [6.45, 7) is 3.73. The van der Waals surface area contributed by atoms with Crippen LogP contribution in [0.25, 0.3) is 0 Å². The highest BCUT2D eigenvalue weighted by molar-refractivity contribution is 6.30. The Kier molecular flexibility index (Phi) is 6.84. The average molecular weight is 361 g/mol. The number of amides is 2. The predicted octanol–water partition coefficient (Wildman–Crippen LogP) is 2.60. The van der Waals surface area contributed by atoms with Gasteiger partial charge in [-0.3, -0.25) is 9.59 Å². The number of rotatable bonds is 7. The number of anilines is 1. The van der Waals surface area contributed by atoms with Crippen molar-refractivity contribution < 1.29 is 9.59 Å². The van der Waals surface area contributed by atoms with Gasteiger partial charge in [-0.05, 0) is 43.5 Å². The summed E-state index contributed by atoms with van der Waals surface area (Å²) in [7, 11) is 0. The predicted molar refractivity (Wildman–Crippen MR) is 96.9 cm³/mol. The summed E-state index contributed by atoms with van der Waals surface area (Å²) in [6, 6.07) is 7.20. The molecule has 2 rings (SSSR count). The highest BCUT2D eigenvalue weighted by Gasteiger charge is 2.19. The Labute approximate surface area is 152 Å². The van der Waals surface area contributed by atoms with Gasteiger partial charge in [0.1, 0.15) is 11.6 Å². The van der Waals surface area contributed by atoms with Gasteiger partial charge in [0, 0.05) is 43.0 Å². The van der Waals surface area contributed by atoms with Crippen LogP contribution in [0.5, 0.6) is 0 Å². The van der Waals surface area contributed by atoms with E-state index in [4.69, 9.17) is 16.9 Å². The number of carbonyl (C=O) groups excluding carboxylic acids is 2. The molecule has 1 aliphatic rings. The lowest BCUT2D eigenvalue weighted by molar-refractivity contribution is -0.127. The normalized spacial score (nSPS) is 14.4. The highest BCUT2D eigenvalue weighted by Crippen LogP contribution is 2.19. The molecule has 1 fully saturated rings. The minimum Gasteiger partial charge on any atom is -0.360 e. The summed E-state index contributed by atoms with van der Waals surface area (Å²) in [5.41, 5.74) is 1.68. The van der Waals surface area contributed by atoms with Crippen LogP contribution in [0.2, 0.25) is 5.02 Å². The third kappa shape index (κ3) is 5.50. The van der Waals surface area contributed by atoms with Gasteiger partial charge in [-0.15, -0.1) is 0 Å². The summed E-state index contributed by atoms with van der Waals surface area (Å²) >= 11 is 5.90. The van der Waals surface area contributed by atoms with Crippen molar-refractivity contribution in [2.45, 2.75) is 26.2 Å². The van der Waals surface area contributed by atoms with Crippen LogP contribution in [0.4, 0.5) is 5.69 Å². The molecule has 1 aliphatic heterocycles. The number of hydrogen-bond donors (Lipinski definition) is 2. The minimum atomic E-state index is -0.436. The minimum absolute atomic E-state index is 0.00778. The van der Waals surface area contributed by atoms with Crippen molar-refractivity contribution in [1.82, 2.24) is 10.2 Å². The van der Waals surface area contributed by atoms with E-state index >= 15 is 0 Å². The number of hydrogen-bond acceptors (Lipinski definition) is 4. The van der Waals surface area contributed by atoms with Crippen LogP contribution in [-0.2, 0) is 9.59 Å². The molecule has 2 N–H and O–H groups in total. The molecular weight excluding hydrogens is 340 g/mol. The second-order valence-corrected chi connectivity index (χ2v) is 6.30. The lowest BCUT2D eigenvalue weighted by Gasteiger charge is -2.15. The van der Waals surface area contributed by atoms with E-state index in [1.54, 1.807) is 23.1 Å². The Hall–Kier alpha value is -2.52. The fraction of sp³-hybridized carbons (Fsp3) is 0.389. The molecule has 1 heterocycles. The Morgan fingerprint density at radius 3 is 2.92 bits per heavy atom. The molecular formula is C18H21ClN4O2. The van der Waals surface area contributed by atoms with Crippen LogP contribution in [0.15, 0.2) is 30.0 Å². The number of nitriles is 1. The second kappa shape index (κ2) is 9.09. The zero-order valence-electron chi connectivity index (χ0n) is 14.1. The lowest BCUT2D eigenvalue weighted by Crippen LogP contribution is -2.31. The van der Waals surface area contributed by atoms with Gasteiger partial charge in [0.2, 0.25) is 5.91 Å². The molecule has 0 radical (unpaired) electrons. The summed E-state index contributed by atoms with van der Waals surface area (Å²) in [5, 5.41) is 15.4. The molecule has 0 aliphatic carbocycles. The van der Waals surface area contributed by atoms with Gasteiger partial charge in [0.15, 0.2) is 0 Å². The van der Waals surface area contributed by atoms with Crippen molar-refractivity contribution in [1.29, 1.82) is 5.26 Å². The van der Waals surface area contributed by atoms with Crippen LogP contribution in [0, 0.1) is 18.3 Å². The van der Waals surface area contributed by atoms with Gasteiger partial charge in [-0.1, -0.05) is 11.6 Å². The Bertz CT molecular complexity index is 724. The molecule has 0 bridgehead atoms. The number of aryl methyl sites for hydroxylation is 1. The molecule has 0 atom stereocenters. The quantitative estimate of drug-likeness (QED) is 0.444. The number of carbonyl (C=O) groups is 2. The van der Waals surface area contributed by atoms with E-state index in [2.05, 4.69) is 10.6 Å². The van der Waals surface area contributed by atoms with Gasteiger partial charge in [0.25, 0.3) is 5.91 Å². The van der Waals surface area contributed by atoms with Crippen molar-refractivity contribution >= 4 is 29.1 Å². The molecule has 1 saturated heterocycles. The zero-order chi connectivity index (χ0) is 18.2. The molecule has 0 saturated carbocycles. The van der Waals surface area contributed by atoms with E-state index in [0.717, 1.165) is 24.2 Å². The number of halogens is 1. The Morgan fingerprint density at radius 1 is 1.48 bits per heavy atom. The molecule has 0 aromatic heterocycles. The molecule has 25 heavy (non-hydrogen) atoms. The number of benzene rings is 1. The molecule has 6 nitrogen and oxygen atoms in total. The Balaban J connectivity index is 1.81. The lowest BCUT2D eigenvalue weighted by atomic mass is 10.2. The maximum atomic E-state index is 12.1. The van der Waals surface area contributed by atoms with E-state index in [0.29, 0.717) is 31.0 Å². The SMILES string of the molecule is Cc1cc(Cl)ccc1N/C=C(/C#N)C(=O)NCCCN1CCCC1=O. The summed E-state index contributed by atoms with van der Waals surface area (Å²) < 4.78 is 0. The highest BCUT2D eigenvalue weighted by atomic mass is 35.5. The van der Waals surface area contributed by atoms with Crippen molar-refractivity contribution in [2.75, 3.05) is 25.0 Å². The van der Waals surface area contributed by atoms with E-state index < -0.39 is 5.91 Å². The van der Waals surface area contributed by atoms with Crippen LogP contribution in [-0.4, -0.2) is 36.3 Å². The summed E-state index contributed by atoms with van der Waals surface area (Å²) in [6.07, 6.45) is 3.57. The third-order valence-corrected chi connectivity index (χ3v) is 4.22. The van der Waals surface area contributed by atoms with Crippen molar-refractivity contribution in [3.05, 3.63) is 40.6 Å². The van der Waals surface area contributed by atoms with Gasteiger partial charge >= 0.3 is 0 Å². The second-order valence-electron chi connectivity index (χ2n) is 5.87. The largest absolute Gasteiger partial charge is 0.360 e. The fourth-order valence-electron chi connectivity index (χ4n) is 2.60. The molecule has 132 valence electrons. The topological polar surface area (TPSA) is 85.2 Å². The van der Waals surface area contributed by atoms with E-state index in [9.17, 15) is 9.59 Å².